The van der Waals surface area contributed by atoms with Gasteiger partial charge in [0, 0.05) is 6.20 Å². The second kappa shape index (κ2) is 3.53. The second-order valence-electron chi connectivity index (χ2n) is 2.19. The number of aromatic carboxylic acids is 1. The third-order valence-electron chi connectivity index (χ3n) is 1.28. The zero-order valence-electron chi connectivity index (χ0n) is 6.52. The van der Waals surface area contributed by atoms with E-state index in [4.69, 9.17) is 10.8 Å². The number of carboxylic acids is 1. The number of aromatic nitrogens is 1. The highest BCUT2D eigenvalue weighted by molar-refractivity contribution is 5.98. The van der Waals surface area contributed by atoms with Crippen LogP contribution < -0.4 is 11.1 Å². The molecule has 6 heteroatoms. The van der Waals surface area contributed by atoms with Gasteiger partial charge in [0.2, 0.25) is 0 Å². The molecule has 4 N–H and O–H groups in total. The molecule has 0 aliphatic heterocycles. The van der Waals surface area contributed by atoms with E-state index in [9.17, 15) is 9.59 Å². The van der Waals surface area contributed by atoms with E-state index in [1.807, 2.05) is 0 Å². The third-order valence-corrected chi connectivity index (χ3v) is 1.28. The molecule has 0 saturated heterocycles. The number of anilines is 1. The van der Waals surface area contributed by atoms with Crippen molar-refractivity contribution in [1.82, 2.24) is 4.98 Å². The van der Waals surface area contributed by atoms with Crippen LogP contribution >= 0.6 is 0 Å². The van der Waals surface area contributed by atoms with E-state index in [1.54, 1.807) is 0 Å². The van der Waals surface area contributed by atoms with Crippen molar-refractivity contribution < 1.29 is 14.7 Å². The molecule has 68 valence electrons. The van der Waals surface area contributed by atoms with E-state index in [2.05, 4.69) is 10.3 Å². The monoisotopic (exact) mass is 181 g/mol. The molecule has 1 rings (SSSR count). The van der Waals surface area contributed by atoms with Crippen molar-refractivity contribution in [2.45, 2.75) is 0 Å². The molecule has 0 atom stereocenters. The van der Waals surface area contributed by atoms with Crippen molar-refractivity contribution >= 4 is 17.8 Å². The maximum atomic E-state index is 10.6. The van der Waals surface area contributed by atoms with Gasteiger partial charge in [-0.1, -0.05) is 0 Å². The number of hydrogen-bond acceptors (Lipinski definition) is 3. The summed E-state index contributed by atoms with van der Waals surface area (Å²) in [5.74, 6) is -1.22. The Hall–Kier alpha value is -2.11. The lowest BCUT2D eigenvalue weighted by Gasteiger charge is -2.03. The minimum Gasteiger partial charge on any atom is -0.478 e. The molecule has 2 amide bonds. The Balaban J connectivity index is 3.04. The Kier molecular flexibility index (Phi) is 2.44. The van der Waals surface area contributed by atoms with Gasteiger partial charge in [-0.05, 0) is 12.1 Å². The first-order valence-electron chi connectivity index (χ1n) is 3.36. The summed E-state index contributed by atoms with van der Waals surface area (Å²) in [6.45, 7) is 0. The topological polar surface area (TPSA) is 105 Å². The predicted octanol–water partition coefficient (Wildman–Crippen LogP) is 0.270. The third kappa shape index (κ3) is 2.16. The summed E-state index contributed by atoms with van der Waals surface area (Å²) in [5.41, 5.74) is 4.71. The lowest BCUT2D eigenvalue weighted by molar-refractivity contribution is 0.0697. The molecule has 13 heavy (non-hydrogen) atoms. The van der Waals surface area contributed by atoms with Crippen molar-refractivity contribution in [3.63, 3.8) is 0 Å². The average molecular weight is 181 g/mol. The highest BCUT2D eigenvalue weighted by atomic mass is 16.4. The van der Waals surface area contributed by atoms with Crippen LogP contribution in [0, 0.1) is 0 Å². The highest BCUT2D eigenvalue weighted by Gasteiger charge is 2.10. The van der Waals surface area contributed by atoms with Crippen molar-refractivity contribution in [1.29, 1.82) is 0 Å². The van der Waals surface area contributed by atoms with Crippen LogP contribution in [0.2, 0.25) is 0 Å². The summed E-state index contributed by atoms with van der Waals surface area (Å²) < 4.78 is 0. The van der Waals surface area contributed by atoms with Gasteiger partial charge in [-0.25, -0.2) is 14.6 Å². The molecule has 0 spiro atoms. The average Bonchev–Trinajstić information content (AvgIpc) is 2.03. The standard InChI is InChI=1S/C7H7N3O3/c8-7(13)10-5-4(6(11)12)2-1-3-9-5/h1-3H,(H,11,12)(H3,8,9,10,13). The molecule has 0 radical (unpaired) electrons. The van der Waals surface area contributed by atoms with E-state index in [1.165, 1.54) is 18.3 Å². The molecule has 0 fully saturated rings. The number of rotatable bonds is 2. The molecular formula is C7H7N3O3. The first-order valence-corrected chi connectivity index (χ1v) is 3.36. The van der Waals surface area contributed by atoms with Crippen LogP contribution in [0.4, 0.5) is 10.6 Å². The Labute approximate surface area is 73.4 Å². The maximum absolute atomic E-state index is 10.6. The minimum atomic E-state index is -1.17. The van der Waals surface area contributed by atoms with Gasteiger partial charge in [-0.3, -0.25) is 5.32 Å². The summed E-state index contributed by atoms with van der Waals surface area (Å²) in [4.78, 5) is 24.6. The number of pyridine rings is 1. The van der Waals surface area contributed by atoms with Crippen molar-refractivity contribution in [2.75, 3.05) is 5.32 Å². The molecule has 1 aromatic rings. The maximum Gasteiger partial charge on any atom is 0.339 e. The second-order valence-corrected chi connectivity index (χ2v) is 2.19. The van der Waals surface area contributed by atoms with E-state index in [0.717, 1.165) is 0 Å². The lowest BCUT2D eigenvalue weighted by Crippen LogP contribution is -2.21. The van der Waals surface area contributed by atoms with Crippen molar-refractivity contribution in [2.24, 2.45) is 5.73 Å². The van der Waals surface area contributed by atoms with Gasteiger partial charge in [0.05, 0.1) is 0 Å². The van der Waals surface area contributed by atoms with E-state index in [0.29, 0.717) is 0 Å². The largest absolute Gasteiger partial charge is 0.478 e. The molecule has 1 heterocycles. The van der Waals surface area contributed by atoms with Crippen LogP contribution in [0.25, 0.3) is 0 Å². The number of amides is 2. The molecule has 1 aromatic heterocycles. The number of primary amides is 1. The van der Waals surface area contributed by atoms with Crippen LogP contribution in [0.3, 0.4) is 0 Å². The van der Waals surface area contributed by atoms with Gasteiger partial charge in [0.25, 0.3) is 0 Å². The molecule has 0 unspecified atom stereocenters. The van der Waals surface area contributed by atoms with Crippen LogP contribution in [0.1, 0.15) is 10.4 Å². The van der Waals surface area contributed by atoms with Crippen LogP contribution in [0.5, 0.6) is 0 Å². The number of hydrogen-bond donors (Lipinski definition) is 3. The Morgan fingerprint density at radius 1 is 1.54 bits per heavy atom. The van der Waals surface area contributed by atoms with Gasteiger partial charge >= 0.3 is 12.0 Å². The number of nitrogens with two attached hydrogens (primary N) is 1. The summed E-state index contributed by atoms with van der Waals surface area (Å²) in [6.07, 6.45) is 1.36. The van der Waals surface area contributed by atoms with Gasteiger partial charge < -0.3 is 10.8 Å². The smallest absolute Gasteiger partial charge is 0.339 e. The van der Waals surface area contributed by atoms with Gasteiger partial charge in [0.1, 0.15) is 11.4 Å². The van der Waals surface area contributed by atoms with E-state index >= 15 is 0 Å². The Bertz CT molecular complexity index is 351. The fraction of sp³-hybridized carbons (Fsp3) is 0. The summed E-state index contributed by atoms with van der Waals surface area (Å²) in [5, 5.41) is 10.7. The minimum absolute atomic E-state index is 0.0532. The molecule has 0 saturated carbocycles. The first kappa shape index (κ1) is 8.98. The van der Waals surface area contributed by atoms with Crippen molar-refractivity contribution in [3.8, 4) is 0 Å². The molecular weight excluding hydrogens is 174 g/mol. The number of carbonyl (C=O) groups is 2. The van der Waals surface area contributed by atoms with Gasteiger partial charge in [-0.2, -0.15) is 0 Å². The fourth-order valence-electron chi connectivity index (χ4n) is 0.794. The van der Waals surface area contributed by atoms with Crippen molar-refractivity contribution in [3.05, 3.63) is 23.9 Å². The quantitative estimate of drug-likeness (QED) is 0.608. The molecule has 0 aliphatic rings. The summed E-state index contributed by atoms with van der Waals surface area (Å²) in [7, 11) is 0. The summed E-state index contributed by atoms with van der Waals surface area (Å²) >= 11 is 0. The fourth-order valence-corrected chi connectivity index (χ4v) is 0.794. The molecule has 0 aliphatic carbocycles. The van der Waals surface area contributed by atoms with E-state index in [-0.39, 0.29) is 11.4 Å². The van der Waals surface area contributed by atoms with Gasteiger partial charge in [0.15, 0.2) is 0 Å². The number of carboxylic acid groups (broad SMARTS) is 1. The predicted molar refractivity (Wildman–Crippen MR) is 44.4 cm³/mol. The van der Waals surface area contributed by atoms with Crippen LogP contribution in [-0.2, 0) is 0 Å². The van der Waals surface area contributed by atoms with Crippen LogP contribution in [-0.4, -0.2) is 22.1 Å². The number of urea groups is 1. The number of carbonyl (C=O) groups excluding carboxylic acids is 1. The number of nitrogens with zero attached hydrogens (tertiary/aromatic N) is 1. The molecule has 0 bridgehead atoms. The van der Waals surface area contributed by atoms with Crippen LogP contribution in [0.15, 0.2) is 18.3 Å². The lowest BCUT2D eigenvalue weighted by atomic mass is 10.2. The number of nitrogens with one attached hydrogen (secondary N) is 1. The zero-order valence-corrected chi connectivity index (χ0v) is 6.52. The van der Waals surface area contributed by atoms with E-state index < -0.39 is 12.0 Å². The SMILES string of the molecule is NC(=O)Nc1ncccc1C(=O)O. The Morgan fingerprint density at radius 2 is 2.23 bits per heavy atom. The Morgan fingerprint density at radius 3 is 2.77 bits per heavy atom. The summed E-state index contributed by atoms with van der Waals surface area (Å²) in [6, 6.07) is 1.93. The van der Waals surface area contributed by atoms with Gasteiger partial charge in [-0.15, -0.1) is 0 Å². The normalized spacial score (nSPS) is 9.23. The molecule has 6 nitrogen and oxygen atoms in total. The zero-order chi connectivity index (χ0) is 9.84. The highest BCUT2D eigenvalue weighted by Crippen LogP contribution is 2.10. The first-order chi connectivity index (χ1) is 6.11. The molecule has 0 aromatic carbocycles.